The molecular formula is C27H26N6O2. The van der Waals surface area contributed by atoms with Gasteiger partial charge in [0.15, 0.2) is 0 Å². The van der Waals surface area contributed by atoms with Crippen LogP contribution in [0.3, 0.4) is 0 Å². The maximum Gasteiger partial charge on any atom is 0.255 e. The molecule has 1 aromatic heterocycles. The van der Waals surface area contributed by atoms with E-state index in [0.717, 1.165) is 22.4 Å². The topological polar surface area (TPSA) is 94.0 Å². The summed E-state index contributed by atoms with van der Waals surface area (Å²) in [5, 5.41) is 18.3. The van der Waals surface area contributed by atoms with Gasteiger partial charge in [0.1, 0.15) is 18.4 Å². The average Bonchev–Trinajstić information content (AvgIpc) is 3.32. The predicted molar refractivity (Wildman–Crippen MR) is 134 cm³/mol. The lowest BCUT2D eigenvalue weighted by molar-refractivity contribution is -0.113. The predicted octanol–water partition coefficient (Wildman–Crippen LogP) is 4.80. The molecule has 8 heteroatoms. The molecule has 1 unspecified atom stereocenters. The first-order chi connectivity index (χ1) is 17.0. The number of aryl methyl sites for hydroxylation is 2. The standard InChI is InChI=1S/C27H26N6O2/c1-17-12-14-20(15-13-17)16-35-23-11-7-5-9-21(23)25-24(19(3)28-27-30-31-32-33(25)27)26(34)29-22-10-6-4-8-18(22)2/h4-15,25H,16H2,1-3H3,(H,29,34)(H,28,30,32). The Kier molecular flexibility index (Phi) is 6.01. The second-order valence-corrected chi connectivity index (χ2v) is 8.59. The van der Waals surface area contributed by atoms with Gasteiger partial charge in [0.2, 0.25) is 5.95 Å². The number of para-hydroxylation sites is 2. The van der Waals surface area contributed by atoms with Crippen LogP contribution >= 0.6 is 0 Å². The zero-order chi connectivity index (χ0) is 24.4. The zero-order valence-corrected chi connectivity index (χ0v) is 19.8. The number of hydrogen-bond donors (Lipinski definition) is 2. The number of ether oxygens (including phenoxy) is 1. The van der Waals surface area contributed by atoms with Crippen molar-refractivity contribution in [2.75, 3.05) is 10.6 Å². The van der Waals surface area contributed by atoms with Crippen molar-refractivity contribution in [1.82, 2.24) is 20.2 Å². The highest BCUT2D eigenvalue weighted by atomic mass is 16.5. The highest BCUT2D eigenvalue weighted by Crippen LogP contribution is 2.39. The third kappa shape index (κ3) is 4.50. The molecule has 0 spiro atoms. The van der Waals surface area contributed by atoms with Gasteiger partial charge in [-0.1, -0.05) is 71.3 Å². The maximum atomic E-state index is 13.6. The van der Waals surface area contributed by atoms with Crippen LogP contribution in [0.4, 0.5) is 11.6 Å². The van der Waals surface area contributed by atoms with E-state index < -0.39 is 6.04 Å². The number of aromatic nitrogens is 4. The molecule has 0 radical (unpaired) electrons. The van der Waals surface area contributed by atoms with Crippen LogP contribution in [0.1, 0.15) is 35.2 Å². The van der Waals surface area contributed by atoms with Gasteiger partial charge in [-0.25, -0.2) is 0 Å². The minimum absolute atomic E-state index is 0.233. The van der Waals surface area contributed by atoms with Gasteiger partial charge in [-0.05, 0) is 54.5 Å². The van der Waals surface area contributed by atoms with Crippen LogP contribution in [0.5, 0.6) is 5.75 Å². The number of nitrogens with one attached hydrogen (secondary N) is 2. The van der Waals surface area contributed by atoms with Crippen molar-refractivity contribution < 1.29 is 9.53 Å². The third-order valence-corrected chi connectivity index (χ3v) is 6.08. The summed E-state index contributed by atoms with van der Waals surface area (Å²) in [5.41, 5.74) is 5.97. The fourth-order valence-electron chi connectivity index (χ4n) is 4.18. The Hall–Kier alpha value is -4.46. The number of fused-ring (bicyclic) bond motifs is 1. The van der Waals surface area contributed by atoms with E-state index in [2.05, 4.69) is 45.2 Å². The van der Waals surface area contributed by atoms with Gasteiger partial charge in [0.05, 0.1) is 5.57 Å². The first-order valence-electron chi connectivity index (χ1n) is 11.4. The molecule has 3 aromatic carbocycles. The number of amides is 1. The molecule has 8 nitrogen and oxygen atoms in total. The molecule has 176 valence electrons. The van der Waals surface area contributed by atoms with Gasteiger partial charge in [-0.3, -0.25) is 4.79 Å². The molecule has 0 saturated heterocycles. The molecule has 1 aliphatic rings. The summed E-state index contributed by atoms with van der Waals surface area (Å²) in [6.07, 6.45) is 0. The molecule has 0 bridgehead atoms. The lowest BCUT2D eigenvalue weighted by Crippen LogP contribution is -2.32. The molecule has 0 aliphatic carbocycles. The minimum atomic E-state index is -0.570. The van der Waals surface area contributed by atoms with Crippen molar-refractivity contribution in [1.29, 1.82) is 0 Å². The molecule has 35 heavy (non-hydrogen) atoms. The van der Waals surface area contributed by atoms with Crippen LogP contribution in [0.15, 0.2) is 84.1 Å². The first-order valence-corrected chi connectivity index (χ1v) is 11.4. The van der Waals surface area contributed by atoms with Crippen LogP contribution in [0.2, 0.25) is 0 Å². The number of benzene rings is 3. The van der Waals surface area contributed by atoms with Crippen LogP contribution in [-0.2, 0) is 11.4 Å². The van der Waals surface area contributed by atoms with E-state index in [1.165, 1.54) is 5.56 Å². The molecular weight excluding hydrogens is 440 g/mol. The number of rotatable bonds is 6. The van der Waals surface area contributed by atoms with Gasteiger partial charge in [0.25, 0.3) is 5.91 Å². The average molecular weight is 467 g/mol. The Morgan fingerprint density at radius 2 is 1.74 bits per heavy atom. The summed E-state index contributed by atoms with van der Waals surface area (Å²) in [6, 6.07) is 23.0. The molecule has 1 amide bonds. The van der Waals surface area contributed by atoms with E-state index in [4.69, 9.17) is 4.74 Å². The van der Waals surface area contributed by atoms with E-state index in [1.807, 2.05) is 74.5 Å². The second-order valence-electron chi connectivity index (χ2n) is 8.59. The normalized spacial score (nSPS) is 14.8. The third-order valence-electron chi connectivity index (χ3n) is 6.08. The number of carbonyl (C=O) groups excluding carboxylic acids is 1. The maximum absolute atomic E-state index is 13.6. The lowest BCUT2D eigenvalue weighted by Gasteiger charge is -2.29. The van der Waals surface area contributed by atoms with E-state index in [1.54, 1.807) is 4.68 Å². The van der Waals surface area contributed by atoms with Crippen LogP contribution in [-0.4, -0.2) is 26.1 Å². The van der Waals surface area contributed by atoms with Crippen molar-refractivity contribution in [2.24, 2.45) is 0 Å². The minimum Gasteiger partial charge on any atom is -0.489 e. The number of carbonyl (C=O) groups is 1. The number of hydrogen-bond acceptors (Lipinski definition) is 6. The molecule has 2 heterocycles. The van der Waals surface area contributed by atoms with Crippen LogP contribution in [0.25, 0.3) is 0 Å². The molecule has 0 fully saturated rings. The monoisotopic (exact) mass is 466 g/mol. The summed E-state index contributed by atoms with van der Waals surface area (Å²) in [6.45, 7) is 6.27. The Labute approximate surface area is 203 Å². The smallest absolute Gasteiger partial charge is 0.255 e. The fraction of sp³-hybridized carbons (Fsp3) is 0.185. The van der Waals surface area contributed by atoms with E-state index in [-0.39, 0.29) is 5.91 Å². The Morgan fingerprint density at radius 1 is 1.00 bits per heavy atom. The quantitative estimate of drug-likeness (QED) is 0.424. The Morgan fingerprint density at radius 3 is 2.54 bits per heavy atom. The van der Waals surface area contributed by atoms with Gasteiger partial charge >= 0.3 is 0 Å². The molecule has 2 N–H and O–H groups in total. The molecule has 0 saturated carbocycles. The first kappa shape index (κ1) is 22.3. The van der Waals surface area contributed by atoms with E-state index >= 15 is 0 Å². The Balaban J connectivity index is 1.52. The summed E-state index contributed by atoms with van der Waals surface area (Å²) < 4.78 is 7.87. The number of allylic oxidation sites excluding steroid dienone is 1. The number of tetrazole rings is 1. The largest absolute Gasteiger partial charge is 0.489 e. The van der Waals surface area contributed by atoms with Crippen LogP contribution < -0.4 is 15.4 Å². The van der Waals surface area contributed by atoms with E-state index in [9.17, 15) is 4.79 Å². The number of nitrogens with zero attached hydrogens (tertiary/aromatic N) is 4. The highest BCUT2D eigenvalue weighted by molar-refractivity contribution is 6.06. The summed E-state index contributed by atoms with van der Waals surface area (Å²) >= 11 is 0. The van der Waals surface area contributed by atoms with Gasteiger partial charge in [0, 0.05) is 16.9 Å². The summed E-state index contributed by atoms with van der Waals surface area (Å²) in [5.74, 6) is 0.896. The van der Waals surface area contributed by atoms with Crippen molar-refractivity contribution in [2.45, 2.75) is 33.4 Å². The van der Waals surface area contributed by atoms with Crippen molar-refractivity contribution in [3.05, 3.63) is 106 Å². The fourth-order valence-corrected chi connectivity index (χ4v) is 4.18. The highest BCUT2D eigenvalue weighted by Gasteiger charge is 2.35. The van der Waals surface area contributed by atoms with Crippen molar-refractivity contribution in [3.63, 3.8) is 0 Å². The summed E-state index contributed by atoms with van der Waals surface area (Å²) in [4.78, 5) is 13.6. The lowest BCUT2D eigenvalue weighted by atomic mass is 9.94. The molecule has 1 aliphatic heterocycles. The zero-order valence-electron chi connectivity index (χ0n) is 19.8. The second kappa shape index (κ2) is 9.42. The number of anilines is 2. The van der Waals surface area contributed by atoms with Crippen LogP contribution in [0, 0.1) is 13.8 Å². The van der Waals surface area contributed by atoms with Crippen molar-refractivity contribution in [3.8, 4) is 5.75 Å². The SMILES string of the molecule is CC1=C(C(=O)Nc2ccccc2C)C(c2ccccc2OCc2ccc(C)cc2)n2nnnc2N1. The van der Waals surface area contributed by atoms with E-state index in [0.29, 0.717) is 29.6 Å². The molecule has 5 rings (SSSR count). The Bertz CT molecular complexity index is 1410. The molecule has 4 aromatic rings. The molecule has 1 atom stereocenters. The summed E-state index contributed by atoms with van der Waals surface area (Å²) in [7, 11) is 0. The van der Waals surface area contributed by atoms with Gasteiger partial charge in [-0.15, -0.1) is 0 Å². The van der Waals surface area contributed by atoms with Gasteiger partial charge < -0.3 is 15.4 Å². The van der Waals surface area contributed by atoms with Gasteiger partial charge in [-0.2, -0.15) is 4.68 Å². The van der Waals surface area contributed by atoms with Crippen molar-refractivity contribution >= 4 is 17.5 Å².